The Morgan fingerprint density at radius 1 is 1.08 bits per heavy atom. The first-order chi connectivity index (χ1) is 11.5. The van der Waals surface area contributed by atoms with Crippen LogP contribution in [0.5, 0.6) is 0 Å². The SMILES string of the molecule is C=C(c1ccc(C)c(C)c1)C(C)Cc1cnc(-c2ccccc2)s1. The van der Waals surface area contributed by atoms with Crippen molar-refractivity contribution in [3.05, 3.63) is 82.9 Å². The lowest BCUT2D eigenvalue weighted by Crippen LogP contribution is -2.01. The highest BCUT2D eigenvalue weighted by atomic mass is 32.1. The van der Waals surface area contributed by atoms with Crippen molar-refractivity contribution >= 4 is 16.9 Å². The van der Waals surface area contributed by atoms with Crippen molar-refractivity contribution in [1.82, 2.24) is 4.98 Å². The molecule has 0 aliphatic heterocycles. The summed E-state index contributed by atoms with van der Waals surface area (Å²) in [6, 6.07) is 17.0. The molecule has 1 heterocycles. The number of aryl methyl sites for hydroxylation is 2. The Morgan fingerprint density at radius 3 is 2.54 bits per heavy atom. The predicted octanol–water partition coefficient (Wildman–Crippen LogP) is 6.32. The molecular formula is C22H23NS. The smallest absolute Gasteiger partial charge is 0.123 e. The molecule has 0 aliphatic rings. The first kappa shape index (κ1) is 16.7. The van der Waals surface area contributed by atoms with Gasteiger partial charge in [-0.25, -0.2) is 4.98 Å². The normalized spacial score (nSPS) is 12.1. The fraction of sp³-hybridized carbons (Fsp3) is 0.227. The molecule has 0 fully saturated rings. The van der Waals surface area contributed by atoms with E-state index in [0.717, 1.165) is 11.4 Å². The van der Waals surface area contributed by atoms with Crippen molar-refractivity contribution in [2.75, 3.05) is 0 Å². The maximum absolute atomic E-state index is 4.59. The van der Waals surface area contributed by atoms with Gasteiger partial charge >= 0.3 is 0 Å². The summed E-state index contributed by atoms with van der Waals surface area (Å²) in [7, 11) is 0. The van der Waals surface area contributed by atoms with Gasteiger partial charge in [0.25, 0.3) is 0 Å². The van der Waals surface area contributed by atoms with Gasteiger partial charge in [0, 0.05) is 16.6 Å². The minimum Gasteiger partial charge on any atom is -0.244 e. The largest absolute Gasteiger partial charge is 0.244 e. The van der Waals surface area contributed by atoms with Crippen molar-refractivity contribution in [1.29, 1.82) is 0 Å². The summed E-state index contributed by atoms with van der Waals surface area (Å²) in [4.78, 5) is 5.90. The van der Waals surface area contributed by atoms with Crippen LogP contribution in [0.4, 0.5) is 0 Å². The number of benzene rings is 2. The fourth-order valence-corrected chi connectivity index (χ4v) is 3.81. The molecule has 3 aromatic rings. The van der Waals surface area contributed by atoms with Gasteiger partial charge in [-0.1, -0.05) is 62.0 Å². The highest BCUT2D eigenvalue weighted by Crippen LogP contribution is 2.30. The van der Waals surface area contributed by atoms with E-state index in [4.69, 9.17) is 0 Å². The number of allylic oxidation sites excluding steroid dienone is 1. The van der Waals surface area contributed by atoms with Gasteiger partial charge in [-0.2, -0.15) is 0 Å². The van der Waals surface area contributed by atoms with Crippen LogP contribution in [-0.4, -0.2) is 4.98 Å². The minimum atomic E-state index is 0.399. The highest BCUT2D eigenvalue weighted by molar-refractivity contribution is 7.15. The first-order valence-electron chi connectivity index (χ1n) is 8.31. The van der Waals surface area contributed by atoms with E-state index in [-0.39, 0.29) is 0 Å². The van der Waals surface area contributed by atoms with E-state index in [1.807, 2.05) is 12.3 Å². The van der Waals surface area contributed by atoms with Gasteiger partial charge in [-0.3, -0.25) is 0 Å². The Labute approximate surface area is 148 Å². The Hall–Kier alpha value is -2.19. The quantitative estimate of drug-likeness (QED) is 0.532. The van der Waals surface area contributed by atoms with Crippen molar-refractivity contribution < 1.29 is 0 Å². The molecule has 0 bridgehead atoms. The summed E-state index contributed by atoms with van der Waals surface area (Å²) >= 11 is 1.78. The van der Waals surface area contributed by atoms with Crippen molar-refractivity contribution in [2.45, 2.75) is 27.2 Å². The van der Waals surface area contributed by atoms with E-state index in [1.165, 1.54) is 32.7 Å². The molecule has 0 saturated carbocycles. The molecule has 2 heteroatoms. The molecule has 0 radical (unpaired) electrons. The monoisotopic (exact) mass is 333 g/mol. The van der Waals surface area contributed by atoms with E-state index in [9.17, 15) is 0 Å². The number of aromatic nitrogens is 1. The van der Waals surface area contributed by atoms with E-state index in [2.05, 4.69) is 74.8 Å². The summed E-state index contributed by atoms with van der Waals surface area (Å²) in [5.74, 6) is 0.399. The molecule has 1 aromatic heterocycles. The standard InChI is InChI=1S/C22H23NS/c1-15-10-11-20(12-16(15)2)18(4)17(3)13-21-14-23-22(24-21)19-8-6-5-7-9-19/h5-12,14,17H,4,13H2,1-3H3. The molecule has 122 valence electrons. The van der Waals surface area contributed by atoms with Gasteiger partial charge in [0.15, 0.2) is 0 Å². The van der Waals surface area contributed by atoms with Crippen LogP contribution in [-0.2, 0) is 6.42 Å². The number of thiazole rings is 1. The highest BCUT2D eigenvalue weighted by Gasteiger charge is 2.13. The van der Waals surface area contributed by atoms with Gasteiger partial charge in [0.1, 0.15) is 5.01 Å². The number of hydrogen-bond donors (Lipinski definition) is 0. The predicted molar refractivity (Wildman–Crippen MR) is 105 cm³/mol. The molecule has 0 spiro atoms. The van der Waals surface area contributed by atoms with Gasteiger partial charge in [0.05, 0.1) is 0 Å². The third kappa shape index (κ3) is 3.65. The number of hydrogen-bond acceptors (Lipinski definition) is 2. The number of rotatable bonds is 5. The average molecular weight is 334 g/mol. The zero-order valence-electron chi connectivity index (χ0n) is 14.5. The molecule has 0 N–H and O–H groups in total. The maximum Gasteiger partial charge on any atom is 0.123 e. The number of nitrogens with zero attached hydrogens (tertiary/aromatic N) is 1. The third-order valence-electron chi connectivity index (χ3n) is 4.55. The summed E-state index contributed by atoms with van der Waals surface area (Å²) in [6.45, 7) is 10.9. The van der Waals surface area contributed by atoms with E-state index < -0.39 is 0 Å². The molecule has 24 heavy (non-hydrogen) atoms. The van der Waals surface area contributed by atoms with Gasteiger partial charge in [-0.15, -0.1) is 11.3 Å². The summed E-state index contributed by atoms with van der Waals surface area (Å²) in [5, 5.41) is 1.09. The van der Waals surface area contributed by atoms with Crippen LogP contribution >= 0.6 is 11.3 Å². The Kier molecular flexibility index (Phi) is 4.96. The molecule has 2 aromatic carbocycles. The summed E-state index contributed by atoms with van der Waals surface area (Å²) < 4.78 is 0. The average Bonchev–Trinajstić information content (AvgIpc) is 3.06. The minimum absolute atomic E-state index is 0.399. The topological polar surface area (TPSA) is 12.9 Å². The molecule has 1 nitrogen and oxygen atoms in total. The Morgan fingerprint density at radius 2 is 1.83 bits per heavy atom. The van der Waals surface area contributed by atoms with Crippen LogP contribution < -0.4 is 0 Å². The first-order valence-corrected chi connectivity index (χ1v) is 9.13. The second-order valence-corrected chi connectivity index (χ2v) is 7.54. The Bertz CT molecular complexity index is 845. The van der Waals surface area contributed by atoms with Gasteiger partial charge in [0.2, 0.25) is 0 Å². The van der Waals surface area contributed by atoms with Crippen LogP contribution in [0.3, 0.4) is 0 Å². The molecule has 3 rings (SSSR count). The lowest BCUT2D eigenvalue weighted by Gasteiger charge is -2.15. The lowest BCUT2D eigenvalue weighted by molar-refractivity contribution is 0.753. The van der Waals surface area contributed by atoms with Crippen LogP contribution in [0.15, 0.2) is 61.3 Å². The second kappa shape index (κ2) is 7.14. The molecule has 1 atom stereocenters. The fourth-order valence-electron chi connectivity index (χ4n) is 2.77. The molecule has 1 unspecified atom stereocenters. The van der Waals surface area contributed by atoms with E-state index in [0.29, 0.717) is 5.92 Å². The van der Waals surface area contributed by atoms with E-state index >= 15 is 0 Å². The second-order valence-electron chi connectivity index (χ2n) is 6.43. The van der Waals surface area contributed by atoms with Crippen LogP contribution in [0.1, 0.15) is 28.5 Å². The van der Waals surface area contributed by atoms with Crippen molar-refractivity contribution in [2.24, 2.45) is 5.92 Å². The zero-order valence-corrected chi connectivity index (χ0v) is 15.4. The van der Waals surface area contributed by atoms with Gasteiger partial charge in [-0.05, 0) is 48.4 Å². The lowest BCUT2D eigenvalue weighted by atomic mass is 9.91. The van der Waals surface area contributed by atoms with E-state index in [1.54, 1.807) is 11.3 Å². The molecular weight excluding hydrogens is 310 g/mol. The summed E-state index contributed by atoms with van der Waals surface area (Å²) in [6.07, 6.45) is 2.99. The maximum atomic E-state index is 4.59. The summed E-state index contributed by atoms with van der Waals surface area (Å²) in [5.41, 5.74) is 6.29. The van der Waals surface area contributed by atoms with Crippen LogP contribution in [0, 0.1) is 19.8 Å². The van der Waals surface area contributed by atoms with Crippen molar-refractivity contribution in [3.8, 4) is 10.6 Å². The third-order valence-corrected chi connectivity index (χ3v) is 5.62. The molecule has 0 amide bonds. The van der Waals surface area contributed by atoms with Crippen LogP contribution in [0.2, 0.25) is 0 Å². The molecule has 0 aliphatic carbocycles. The zero-order chi connectivity index (χ0) is 17.1. The Balaban J connectivity index is 1.72. The van der Waals surface area contributed by atoms with Gasteiger partial charge < -0.3 is 0 Å². The van der Waals surface area contributed by atoms with Crippen LogP contribution in [0.25, 0.3) is 16.1 Å². The van der Waals surface area contributed by atoms with Crippen molar-refractivity contribution in [3.63, 3.8) is 0 Å². The molecule has 0 saturated heterocycles.